The van der Waals surface area contributed by atoms with E-state index in [2.05, 4.69) is 37.9 Å². The molecule has 0 saturated carbocycles. The topological polar surface area (TPSA) is 59.3 Å². The van der Waals surface area contributed by atoms with Crippen molar-refractivity contribution in [2.45, 2.75) is 25.4 Å². The molecule has 2 aliphatic rings. The van der Waals surface area contributed by atoms with Crippen LogP contribution in [0.1, 0.15) is 25.3 Å². The molecule has 0 aromatic carbocycles. The van der Waals surface area contributed by atoms with Crippen molar-refractivity contribution in [1.29, 1.82) is 0 Å². The molecule has 128 valence electrons. The summed E-state index contributed by atoms with van der Waals surface area (Å²) in [5.74, 6) is 2.01. The van der Waals surface area contributed by atoms with E-state index in [-0.39, 0.29) is 5.60 Å². The van der Waals surface area contributed by atoms with E-state index in [1.807, 2.05) is 24.1 Å². The predicted molar refractivity (Wildman–Crippen MR) is 92.2 cm³/mol. The fraction of sp³-hybridized carbons (Fsp3) is 0.588. The third-order valence-corrected chi connectivity index (χ3v) is 4.98. The Hall–Kier alpha value is -2.15. The Balaban J connectivity index is 1.56. The summed E-state index contributed by atoms with van der Waals surface area (Å²) in [5, 5.41) is 4.29. The van der Waals surface area contributed by atoms with Crippen LogP contribution in [-0.4, -0.2) is 52.5 Å². The number of nitrogens with zero attached hydrogens (tertiary/aromatic N) is 6. The quantitative estimate of drug-likeness (QED) is 0.852. The van der Waals surface area contributed by atoms with Gasteiger partial charge in [-0.25, -0.2) is 9.97 Å². The van der Waals surface area contributed by atoms with E-state index in [0.717, 1.165) is 43.4 Å². The van der Waals surface area contributed by atoms with E-state index in [4.69, 9.17) is 4.74 Å². The summed E-state index contributed by atoms with van der Waals surface area (Å²) in [7, 11) is 1.93. The highest BCUT2D eigenvalue weighted by Gasteiger charge is 2.35. The lowest BCUT2D eigenvalue weighted by Gasteiger charge is -2.40. The molecule has 0 unspecified atom stereocenters. The standard InChI is InChI=1S/C17H24N6O/c1-17(14-10-20-21(2)11-14)12-23(7-8-24-17)16-9-15(18-13-19-16)22-5-3-4-6-22/h9-11,13H,3-8,12H2,1-2H3/t17-/m0/s1. The van der Waals surface area contributed by atoms with E-state index < -0.39 is 0 Å². The Morgan fingerprint density at radius 2 is 1.83 bits per heavy atom. The Kier molecular flexibility index (Phi) is 3.88. The molecule has 4 heterocycles. The summed E-state index contributed by atoms with van der Waals surface area (Å²) in [4.78, 5) is 13.6. The van der Waals surface area contributed by atoms with Crippen molar-refractivity contribution in [2.75, 3.05) is 42.6 Å². The smallest absolute Gasteiger partial charge is 0.134 e. The Morgan fingerprint density at radius 3 is 2.54 bits per heavy atom. The van der Waals surface area contributed by atoms with Gasteiger partial charge in [-0.2, -0.15) is 5.10 Å². The summed E-state index contributed by atoms with van der Waals surface area (Å²) in [6.45, 7) is 6.58. The zero-order valence-electron chi connectivity index (χ0n) is 14.4. The lowest BCUT2D eigenvalue weighted by atomic mass is 9.97. The second-order valence-corrected chi connectivity index (χ2v) is 6.83. The van der Waals surface area contributed by atoms with Crippen LogP contribution in [0.5, 0.6) is 0 Å². The molecule has 0 spiro atoms. The fourth-order valence-electron chi connectivity index (χ4n) is 3.56. The van der Waals surface area contributed by atoms with Gasteiger partial charge in [0, 0.05) is 44.5 Å². The fourth-order valence-corrected chi connectivity index (χ4v) is 3.56. The van der Waals surface area contributed by atoms with Crippen molar-refractivity contribution < 1.29 is 4.74 Å². The summed E-state index contributed by atoms with van der Waals surface area (Å²) in [5.41, 5.74) is 0.731. The van der Waals surface area contributed by atoms with E-state index >= 15 is 0 Å². The first-order valence-electron chi connectivity index (χ1n) is 8.59. The highest BCUT2D eigenvalue weighted by atomic mass is 16.5. The average molecular weight is 328 g/mol. The van der Waals surface area contributed by atoms with Crippen molar-refractivity contribution in [2.24, 2.45) is 7.05 Å². The van der Waals surface area contributed by atoms with Gasteiger partial charge >= 0.3 is 0 Å². The number of ether oxygens (including phenoxy) is 1. The van der Waals surface area contributed by atoms with Gasteiger partial charge in [-0.15, -0.1) is 0 Å². The lowest BCUT2D eigenvalue weighted by Crippen LogP contribution is -2.48. The maximum Gasteiger partial charge on any atom is 0.134 e. The third kappa shape index (κ3) is 2.84. The van der Waals surface area contributed by atoms with Crippen LogP contribution in [0.25, 0.3) is 0 Å². The first-order chi connectivity index (χ1) is 11.6. The van der Waals surface area contributed by atoms with Gasteiger partial charge in [0.15, 0.2) is 0 Å². The lowest BCUT2D eigenvalue weighted by molar-refractivity contribution is -0.0468. The summed E-state index contributed by atoms with van der Waals surface area (Å²) >= 11 is 0. The SMILES string of the molecule is Cn1cc([C@]2(C)CN(c3cc(N4CCCC4)ncn3)CCO2)cn1. The molecule has 2 aromatic rings. The molecule has 2 aromatic heterocycles. The molecular formula is C17H24N6O. The second kappa shape index (κ2) is 6.05. The van der Waals surface area contributed by atoms with Crippen molar-refractivity contribution in [1.82, 2.24) is 19.7 Å². The largest absolute Gasteiger partial charge is 0.367 e. The maximum absolute atomic E-state index is 6.10. The number of anilines is 2. The van der Waals surface area contributed by atoms with Gasteiger partial charge in [0.1, 0.15) is 23.6 Å². The molecule has 2 saturated heterocycles. The molecule has 24 heavy (non-hydrogen) atoms. The third-order valence-electron chi connectivity index (χ3n) is 4.98. The van der Waals surface area contributed by atoms with Crippen LogP contribution in [0.3, 0.4) is 0 Å². The molecule has 1 atom stereocenters. The predicted octanol–water partition coefficient (Wildman–Crippen LogP) is 1.56. The average Bonchev–Trinajstić information content (AvgIpc) is 3.27. The van der Waals surface area contributed by atoms with Crippen LogP contribution in [0, 0.1) is 0 Å². The van der Waals surface area contributed by atoms with Crippen molar-refractivity contribution in [3.8, 4) is 0 Å². The summed E-state index contributed by atoms with van der Waals surface area (Å²) < 4.78 is 7.92. The van der Waals surface area contributed by atoms with Crippen LogP contribution in [0.4, 0.5) is 11.6 Å². The van der Waals surface area contributed by atoms with Crippen molar-refractivity contribution in [3.05, 3.63) is 30.4 Å². The zero-order valence-corrected chi connectivity index (χ0v) is 14.4. The number of rotatable bonds is 3. The van der Waals surface area contributed by atoms with E-state index in [1.54, 1.807) is 6.33 Å². The van der Waals surface area contributed by atoms with Gasteiger partial charge in [-0.1, -0.05) is 0 Å². The highest BCUT2D eigenvalue weighted by Crippen LogP contribution is 2.31. The molecule has 0 aliphatic carbocycles. The summed E-state index contributed by atoms with van der Waals surface area (Å²) in [6.07, 6.45) is 8.09. The van der Waals surface area contributed by atoms with Crippen LogP contribution in [0.15, 0.2) is 24.8 Å². The van der Waals surface area contributed by atoms with Crippen LogP contribution in [-0.2, 0) is 17.4 Å². The Bertz CT molecular complexity index is 711. The minimum atomic E-state index is -0.370. The Morgan fingerprint density at radius 1 is 1.08 bits per heavy atom. The summed E-state index contributed by atoms with van der Waals surface area (Å²) in [6, 6.07) is 2.11. The number of aromatic nitrogens is 4. The van der Waals surface area contributed by atoms with E-state index in [9.17, 15) is 0 Å². The van der Waals surface area contributed by atoms with Crippen LogP contribution < -0.4 is 9.80 Å². The van der Waals surface area contributed by atoms with E-state index in [1.165, 1.54) is 12.8 Å². The van der Waals surface area contributed by atoms with E-state index in [0.29, 0.717) is 6.61 Å². The molecule has 7 nitrogen and oxygen atoms in total. The second-order valence-electron chi connectivity index (χ2n) is 6.83. The first-order valence-corrected chi connectivity index (χ1v) is 8.59. The monoisotopic (exact) mass is 328 g/mol. The Labute approximate surface area is 142 Å². The van der Waals surface area contributed by atoms with Crippen molar-refractivity contribution >= 4 is 11.6 Å². The minimum Gasteiger partial charge on any atom is -0.367 e. The van der Waals surface area contributed by atoms with Crippen LogP contribution in [0.2, 0.25) is 0 Å². The molecular weight excluding hydrogens is 304 g/mol. The molecule has 2 fully saturated rings. The van der Waals surface area contributed by atoms with Gasteiger partial charge in [0.25, 0.3) is 0 Å². The molecule has 0 bridgehead atoms. The van der Waals surface area contributed by atoms with Gasteiger partial charge in [0.2, 0.25) is 0 Å². The van der Waals surface area contributed by atoms with Gasteiger partial charge in [-0.3, -0.25) is 4.68 Å². The molecule has 0 N–H and O–H groups in total. The molecule has 0 radical (unpaired) electrons. The minimum absolute atomic E-state index is 0.370. The normalized spacial score (nSPS) is 24.6. The number of morpholine rings is 1. The number of aryl methyl sites for hydroxylation is 1. The van der Waals surface area contributed by atoms with Gasteiger partial charge in [0.05, 0.1) is 19.3 Å². The molecule has 7 heteroatoms. The highest BCUT2D eigenvalue weighted by molar-refractivity contribution is 5.51. The maximum atomic E-state index is 6.10. The number of hydrogen-bond acceptors (Lipinski definition) is 6. The zero-order chi connectivity index (χ0) is 16.6. The molecule has 4 rings (SSSR count). The van der Waals surface area contributed by atoms with Gasteiger partial charge in [-0.05, 0) is 19.8 Å². The van der Waals surface area contributed by atoms with Gasteiger partial charge < -0.3 is 14.5 Å². The van der Waals surface area contributed by atoms with Crippen LogP contribution >= 0.6 is 0 Å². The molecule has 2 aliphatic heterocycles. The first kappa shape index (κ1) is 15.4. The number of hydrogen-bond donors (Lipinski definition) is 0. The molecule has 0 amide bonds. The van der Waals surface area contributed by atoms with Crippen molar-refractivity contribution in [3.63, 3.8) is 0 Å².